The lowest BCUT2D eigenvalue weighted by Crippen LogP contribution is -2.32. The molecule has 8 nitrogen and oxygen atoms in total. The zero-order valence-corrected chi connectivity index (χ0v) is 18.5. The fraction of sp³-hybridized carbons (Fsp3) is 0.381. The quantitative estimate of drug-likeness (QED) is 0.547. The Morgan fingerprint density at radius 3 is 2.91 bits per heavy atom. The zero-order chi connectivity index (χ0) is 23.0. The Kier molecular flexibility index (Phi) is 6.22. The molecule has 1 saturated heterocycles. The summed E-state index contributed by atoms with van der Waals surface area (Å²) in [6.07, 6.45) is 0.683. The van der Waals surface area contributed by atoms with Crippen molar-refractivity contribution >= 4 is 27.9 Å². The highest BCUT2D eigenvalue weighted by molar-refractivity contribution is 7.19. The van der Waals surface area contributed by atoms with Gasteiger partial charge in [0.2, 0.25) is 0 Å². The second-order valence-electron chi connectivity index (χ2n) is 7.76. The van der Waals surface area contributed by atoms with Gasteiger partial charge in [0.25, 0.3) is 5.91 Å². The fourth-order valence-corrected chi connectivity index (χ4v) is 4.71. The Bertz CT molecular complexity index is 1120. The van der Waals surface area contributed by atoms with Crippen LogP contribution < -0.4 is 16.8 Å². The number of amides is 1. The minimum atomic E-state index is -1.25. The highest BCUT2D eigenvalue weighted by atomic mass is 32.1. The van der Waals surface area contributed by atoms with Crippen molar-refractivity contribution in [2.24, 2.45) is 12.8 Å². The Balaban J connectivity index is 1.59. The Morgan fingerprint density at radius 1 is 1.38 bits per heavy atom. The predicted octanol–water partition coefficient (Wildman–Crippen LogP) is 3.34. The lowest BCUT2D eigenvalue weighted by Gasteiger charge is -2.17. The Morgan fingerprint density at radius 2 is 2.16 bits per heavy atom. The number of nitrogens with one attached hydrogen (secondary N) is 1. The smallest absolute Gasteiger partial charge is 0.277 e. The number of alkyl halides is 1. The number of benzene rings is 1. The Labute approximate surface area is 187 Å². The number of nitrogens with zero attached hydrogens (tertiary/aromatic N) is 3. The van der Waals surface area contributed by atoms with Gasteiger partial charge >= 0.3 is 0 Å². The van der Waals surface area contributed by atoms with Crippen molar-refractivity contribution in [3.8, 4) is 10.6 Å². The van der Waals surface area contributed by atoms with E-state index in [0.29, 0.717) is 40.4 Å². The first-order chi connectivity index (χ1) is 15.3. The van der Waals surface area contributed by atoms with Crippen LogP contribution in [-0.4, -0.2) is 39.5 Å². The van der Waals surface area contributed by atoms with E-state index >= 15 is 0 Å². The third-order valence-corrected chi connectivity index (χ3v) is 6.43. The van der Waals surface area contributed by atoms with Crippen LogP contribution in [0, 0.1) is 12.7 Å². The lowest BCUT2D eigenvalue weighted by molar-refractivity contribution is 0.0247. The van der Waals surface area contributed by atoms with Crippen LogP contribution >= 0.6 is 11.3 Å². The number of hydrogen-bond donors (Lipinski definition) is 3. The number of nitrogen functional groups attached to an aromatic ring is 1. The van der Waals surface area contributed by atoms with Crippen molar-refractivity contribution in [1.29, 1.82) is 0 Å². The summed E-state index contributed by atoms with van der Waals surface area (Å²) in [7, 11) is 1.71. The van der Waals surface area contributed by atoms with E-state index in [0.717, 1.165) is 11.3 Å². The van der Waals surface area contributed by atoms with Crippen molar-refractivity contribution in [3.05, 3.63) is 47.2 Å². The number of carbonyl (C=O) groups excluding carboxylic acids is 1. The molecular weight excluding hydrogens is 438 g/mol. The summed E-state index contributed by atoms with van der Waals surface area (Å²) in [5.41, 5.74) is 13.9. The van der Waals surface area contributed by atoms with E-state index in [2.05, 4.69) is 15.4 Å². The molecular formula is C21H24F2N6O2S. The summed E-state index contributed by atoms with van der Waals surface area (Å²) in [6, 6.07) is 4.11. The monoisotopic (exact) mass is 462 g/mol. The Hall–Kier alpha value is -2.89. The van der Waals surface area contributed by atoms with Crippen molar-refractivity contribution in [3.63, 3.8) is 0 Å². The molecule has 1 aliphatic heterocycles. The maximum absolute atomic E-state index is 14.3. The molecule has 3 heterocycles. The number of aromatic nitrogens is 3. The molecule has 0 aliphatic carbocycles. The molecule has 1 aliphatic rings. The van der Waals surface area contributed by atoms with E-state index < -0.39 is 30.0 Å². The number of halogens is 2. The average molecular weight is 463 g/mol. The molecule has 4 rings (SSSR count). The van der Waals surface area contributed by atoms with Crippen molar-refractivity contribution in [1.82, 2.24) is 14.8 Å². The molecule has 170 valence electrons. The maximum Gasteiger partial charge on any atom is 0.277 e. The minimum absolute atomic E-state index is 0.00455. The van der Waals surface area contributed by atoms with Gasteiger partial charge in [-0.3, -0.25) is 9.48 Å². The summed E-state index contributed by atoms with van der Waals surface area (Å²) in [5, 5.41) is 7.46. The molecule has 0 unspecified atom stereocenters. The van der Waals surface area contributed by atoms with Crippen LogP contribution in [0.25, 0.3) is 10.6 Å². The standard InChI is InChI=1S/C21H24F2N6O2S/c1-10-4-3-5-11(22)16(10)21-28-17(19(25)32-21)20(30)27-14-8-26-29(2)18(14)15-7-6-13(24)12(23)9-31-15/h3-5,8,12-13,15H,6-7,9,24-25H2,1-2H3,(H,27,30)/t12-,13+,15-/m0/s1. The summed E-state index contributed by atoms with van der Waals surface area (Å²) in [5.74, 6) is -0.989. The average Bonchev–Trinajstić information content (AvgIpc) is 3.25. The van der Waals surface area contributed by atoms with E-state index in [1.807, 2.05) is 0 Å². The van der Waals surface area contributed by atoms with Gasteiger partial charge in [-0.05, 0) is 31.4 Å². The summed E-state index contributed by atoms with van der Waals surface area (Å²) in [4.78, 5) is 17.3. The van der Waals surface area contributed by atoms with E-state index in [-0.39, 0.29) is 17.3 Å². The van der Waals surface area contributed by atoms with Crippen LogP contribution in [-0.2, 0) is 11.8 Å². The maximum atomic E-state index is 14.3. The van der Waals surface area contributed by atoms with E-state index in [1.165, 1.54) is 12.3 Å². The summed E-state index contributed by atoms with van der Waals surface area (Å²) >= 11 is 1.04. The molecule has 0 radical (unpaired) electrons. The molecule has 3 atom stereocenters. The molecule has 5 N–H and O–H groups in total. The van der Waals surface area contributed by atoms with Gasteiger partial charge in [-0.2, -0.15) is 5.10 Å². The normalized spacial score (nSPS) is 21.3. The number of carbonyl (C=O) groups is 1. The SMILES string of the molecule is Cc1cccc(F)c1-c1nc(C(=O)Nc2cnn(C)c2[C@@H]2CC[C@@H](N)[C@@H](F)CO2)c(N)s1. The van der Waals surface area contributed by atoms with E-state index in [9.17, 15) is 13.6 Å². The first-order valence-corrected chi connectivity index (χ1v) is 10.9. The number of nitrogens with two attached hydrogens (primary N) is 2. The van der Waals surface area contributed by atoms with Crippen LogP contribution in [0.15, 0.2) is 24.4 Å². The largest absolute Gasteiger partial charge is 0.389 e. The number of anilines is 2. The van der Waals surface area contributed by atoms with Crippen LogP contribution in [0.4, 0.5) is 19.5 Å². The number of ether oxygens (including phenoxy) is 1. The lowest BCUT2D eigenvalue weighted by atomic mass is 10.0. The molecule has 0 bridgehead atoms. The van der Waals surface area contributed by atoms with Gasteiger partial charge in [-0.25, -0.2) is 13.8 Å². The van der Waals surface area contributed by atoms with Crippen molar-refractivity contribution < 1.29 is 18.3 Å². The molecule has 11 heteroatoms. The van der Waals surface area contributed by atoms with Gasteiger partial charge in [-0.1, -0.05) is 23.5 Å². The molecule has 0 saturated carbocycles. The topological polar surface area (TPSA) is 121 Å². The molecule has 1 amide bonds. The number of rotatable bonds is 4. The first-order valence-electron chi connectivity index (χ1n) is 10.1. The van der Waals surface area contributed by atoms with Crippen LogP contribution in [0.2, 0.25) is 0 Å². The number of aryl methyl sites for hydroxylation is 2. The van der Waals surface area contributed by atoms with Gasteiger partial charge in [0, 0.05) is 18.7 Å². The van der Waals surface area contributed by atoms with Crippen molar-refractivity contribution in [2.75, 3.05) is 17.7 Å². The third-order valence-electron chi connectivity index (χ3n) is 5.53. The van der Waals surface area contributed by atoms with Gasteiger partial charge in [0.05, 0.1) is 24.2 Å². The van der Waals surface area contributed by atoms with Crippen LogP contribution in [0.3, 0.4) is 0 Å². The molecule has 32 heavy (non-hydrogen) atoms. The molecule has 1 fully saturated rings. The molecule has 2 aromatic heterocycles. The molecule has 1 aromatic carbocycles. The van der Waals surface area contributed by atoms with Gasteiger partial charge in [0.1, 0.15) is 28.1 Å². The van der Waals surface area contributed by atoms with Crippen molar-refractivity contribution in [2.45, 2.75) is 38.1 Å². The van der Waals surface area contributed by atoms with Crippen LogP contribution in [0.1, 0.15) is 40.7 Å². The third kappa shape index (κ3) is 4.23. The number of thiazole rings is 1. The highest BCUT2D eigenvalue weighted by Crippen LogP contribution is 2.35. The molecule has 3 aromatic rings. The highest BCUT2D eigenvalue weighted by Gasteiger charge is 2.30. The summed E-state index contributed by atoms with van der Waals surface area (Å²) in [6.45, 7) is 1.63. The number of hydrogen-bond acceptors (Lipinski definition) is 7. The summed E-state index contributed by atoms with van der Waals surface area (Å²) < 4.78 is 35.6. The second kappa shape index (κ2) is 8.93. The zero-order valence-electron chi connectivity index (χ0n) is 17.6. The van der Waals surface area contributed by atoms with Crippen LogP contribution in [0.5, 0.6) is 0 Å². The fourth-order valence-electron chi connectivity index (χ4n) is 3.77. The van der Waals surface area contributed by atoms with E-state index in [4.69, 9.17) is 16.2 Å². The van der Waals surface area contributed by atoms with Gasteiger partial charge < -0.3 is 21.5 Å². The second-order valence-corrected chi connectivity index (χ2v) is 8.79. The predicted molar refractivity (Wildman–Crippen MR) is 119 cm³/mol. The molecule has 0 spiro atoms. The first kappa shape index (κ1) is 22.3. The van der Waals surface area contributed by atoms with E-state index in [1.54, 1.807) is 30.8 Å². The van der Waals surface area contributed by atoms with Gasteiger partial charge in [0.15, 0.2) is 5.69 Å². The minimum Gasteiger partial charge on any atom is -0.389 e. The van der Waals surface area contributed by atoms with Gasteiger partial charge in [-0.15, -0.1) is 0 Å².